The van der Waals surface area contributed by atoms with Crippen LogP contribution in [0.3, 0.4) is 0 Å². The number of carbonyl (C=O) groups is 1. The summed E-state index contributed by atoms with van der Waals surface area (Å²) in [5, 5.41) is 8.92. The summed E-state index contributed by atoms with van der Waals surface area (Å²) in [7, 11) is 0. The van der Waals surface area contributed by atoms with Gasteiger partial charge in [-0.1, -0.05) is 20.8 Å². The third kappa shape index (κ3) is 5.50. The number of hydrogen-bond acceptors (Lipinski definition) is 3. The van der Waals surface area contributed by atoms with Crippen molar-refractivity contribution in [1.29, 1.82) is 5.26 Å². The van der Waals surface area contributed by atoms with Crippen LogP contribution in [0.4, 0.5) is 0 Å². The van der Waals surface area contributed by atoms with Crippen LogP contribution in [0.5, 0.6) is 0 Å². The maximum atomic E-state index is 12.0. The van der Waals surface area contributed by atoms with Crippen LogP contribution in [0.15, 0.2) is 0 Å². The van der Waals surface area contributed by atoms with Gasteiger partial charge in [-0.05, 0) is 39.4 Å². The van der Waals surface area contributed by atoms with E-state index in [1.54, 1.807) is 4.90 Å². The van der Waals surface area contributed by atoms with E-state index >= 15 is 0 Å². The summed E-state index contributed by atoms with van der Waals surface area (Å²) in [6.07, 6.45) is 1.57. The van der Waals surface area contributed by atoms with Gasteiger partial charge in [-0.2, -0.15) is 5.26 Å². The van der Waals surface area contributed by atoms with Gasteiger partial charge in [0.05, 0.1) is 6.07 Å². The van der Waals surface area contributed by atoms with E-state index in [1.165, 1.54) is 0 Å². The molecule has 0 aliphatic carbocycles. The SMILES string of the molecule is CCC(C#N)C(=O)N(CC)CCCN(CC)CC. The van der Waals surface area contributed by atoms with Gasteiger partial charge in [-0.15, -0.1) is 0 Å². The average molecular weight is 253 g/mol. The lowest BCUT2D eigenvalue weighted by molar-refractivity contribution is -0.133. The van der Waals surface area contributed by atoms with Crippen LogP contribution in [0, 0.1) is 17.2 Å². The van der Waals surface area contributed by atoms with E-state index in [9.17, 15) is 4.79 Å². The Labute approximate surface area is 112 Å². The second-order valence-corrected chi connectivity index (χ2v) is 4.39. The first kappa shape index (κ1) is 16.9. The van der Waals surface area contributed by atoms with Gasteiger partial charge in [0.1, 0.15) is 5.92 Å². The van der Waals surface area contributed by atoms with Gasteiger partial charge in [0, 0.05) is 13.1 Å². The van der Waals surface area contributed by atoms with Gasteiger partial charge in [-0.3, -0.25) is 4.79 Å². The third-order valence-electron chi connectivity index (χ3n) is 3.35. The number of nitriles is 1. The molecule has 4 nitrogen and oxygen atoms in total. The van der Waals surface area contributed by atoms with Crippen molar-refractivity contribution in [3.05, 3.63) is 0 Å². The fourth-order valence-corrected chi connectivity index (χ4v) is 1.99. The number of nitrogens with zero attached hydrogens (tertiary/aromatic N) is 3. The minimum absolute atomic E-state index is 0.0120. The molecule has 0 saturated heterocycles. The van der Waals surface area contributed by atoms with E-state index in [2.05, 4.69) is 24.8 Å². The number of hydrogen-bond donors (Lipinski definition) is 0. The van der Waals surface area contributed by atoms with Crippen molar-refractivity contribution >= 4 is 5.91 Å². The summed E-state index contributed by atoms with van der Waals surface area (Å²) in [6, 6.07) is 2.09. The standard InChI is InChI=1S/C14H27N3O/c1-5-13(12-15)14(18)17(8-4)11-9-10-16(6-2)7-3/h13H,5-11H2,1-4H3. The van der Waals surface area contributed by atoms with E-state index in [0.717, 1.165) is 32.6 Å². The molecule has 0 N–H and O–H groups in total. The lowest BCUT2D eigenvalue weighted by Gasteiger charge is -2.25. The van der Waals surface area contributed by atoms with Gasteiger partial charge in [0.2, 0.25) is 5.91 Å². The quantitative estimate of drug-likeness (QED) is 0.632. The van der Waals surface area contributed by atoms with Crippen molar-refractivity contribution in [2.75, 3.05) is 32.7 Å². The van der Waals surface area contributed by atoms with E-state index in [-0.39, 0.29) is 5.91 Å². The normalized spacial score (nSPS) is 12.2. The second kappa shape index (κ2) is 9.90. The molecular weight excluding hydrogens is 226 g/mol. The average Bonchev–Trinajstić information content (AvgIpc) is 2.40. The Bertz CT molecular complexity index is 269. The molecule has 1 amide bonds. The van der Waals surface area contributed by atoms with Crippen LogP contribution in [-0.4, -0.2) is 48.4 Å². The maximum absolute atomic E-state index is 12.0. The first-order valence-corrected chi connectivity index (χ1v) is 7.05. The monoisotopic (exact) mass is 253 g/mol. The molecule has 0 aromatic carbocycles. The Kier molecular flexibility index (Phi) is 9.31. The molecule has 0 aromatic heterocycles. The molecule has 0 radical (unpaired) electrons. The highest BCUT2D eigenvalue weighted by atomic mass is 16.2. The first-order valence-electron chi connectivity index (χ1n) is 7.05. The summed E-state index contributed by atoms with van der Waals surface area (Å²) in [5.41, 5.74) is 0. The predicted octanol–water partition coefficient (Wildman–Crippen LogP) is 2.12. The Balaban J connectivity index is 4.19. The van der Waals surface area contributed by atoms with Crippen molar-refractivity contribution in [1.82, 2.24) is 9.80 Å². The largest absolute Gasteiger partial charge is 0.342 e. The number of rotatable bonds is 9. The van der Waals surface area contributed by atoms with Crippen LogP contribution in [0.2, 0.25) is 0 Å². The summed E-state index contributed by atoms with van der Waals surface area (Å²) < 4.78 is 0. The molecule has 0 aliphatic heterocycles. The molecule has 4 heteroatoms. The smallest absolute Gasteiger partial charge is 0.239 e. The molecule has 0 heterocycles. The highest BCUT2D eigenvalue weighted by molar-refractivity contribution is 5.81. The fraction of sp³-hybridized carbons (Fsp3) is 0.857. The van der Waals surface area contributed by atoms with E-state index in [1.807, 2.05) is 13.8 Å². The van der Waals surface area contributed by atoms with Crippen molar-refractivity contribution < 1.29 is 4.79 Å². The van der Waals surface area contributed by atoms with Crippen molar-refractivity contribution in [2.45, 2.75) is 40.5 Å². The molecule has 0 bridgehead atoms. The van der Waals surface area contributed by atoms with Crippen molar-refractivity contribution in [3.8, 4) is 6.07 Å². The van der Waals surface area contributed by atoms with E-state index in [0.29, 0.717) is 13.0 Å². The van der Waals surface area contributed by atoms with Gasteiger partial charge in [0.15, 0.2) is 0 Å². The Hall–Kier alpha value is -1.08. The molecule has 0 spiro atoms. The zero-order valence-electron chi connectivity index (χ0n) is 12.3. The van der Waals surface area contributed by atoms with Crippen molar-refractivity contribution in [2.24, 2.45) is 5.92 Å². The van der Waals surface area contributed by atoms with Crippen LogP contribution >= 0.6 is 0 Å². The zero-order valence-corrected chi connectivity index (χ0v) is 12.3. The van der Waals surface area contributed by atoms with Gasteiger partial charge < -0.3 is 9.80 Å². The molecule has 18 heavy (non-hydrogen) atoms. The molecule has 1 atom stereocenters. The van der Waals surface area contributed by atoms with Gasteiger partial charge >= 0.3 is 0 Å². The van der Waals surface area contributed by atoms with Gasteiger partial charge in [-0.25, -0.2) is 0 Å². The lowest BCUT2D eigenvalue weighted by Crippen LogP contribution is -2.37. The van der Waals surface area contributed by atoms with E-state index < -0.39 is 5.92 Å². The molecule has 1 unspecified atom stereocenters. The number of amides is 1. The Morgan fingerprint density at radius 1 is 1.11 bits per heavy atom. The predicted molar refractivity (Wildman–Crippen MR) is 74.1 cm³/mol. The zero-order chi connectivity index (χ0) is 14.0. The molecule has 104 valence electrons. The molecular formula is C14H27N3O. The minimum atomic E-state index is -0.474. The Morgan fingerprint density at radius 2 is 1.72 bits per heavy atom. The molecule has 0 fully saturated rings. The summed E-state index contributed by atoms with van der Waals surface area (Å²) in [6.45, 7) is 12.7. The Morgan fingerprint density at radius 3 is 2.11 bits per heavy atom. The minimum Gasteiger partial charge on any atom is -0.342 e. The summed E-state index contributed by atoms with van der Waals surface area (Å²) >= 11 is 0. The van der Waals surface area contributed by atoms with Crippen LogP contribution < -0.4 is 0 Å². The highest BCUT2D eigenvalue weighted by Crippen LogP contribution is 2.07. The third-order valence-corrected chi connectivity index (χ3v) is 3.35. The van der Waals surface area contributed by atoms with Crippen LogP contribution in [0.25, 0.3) is 0 Å². The van der Waals surface area contributed by atoms with Crippen LogP contribution in [0.1, 0.15) is 40.5 Å². The lowest BCUT2D eigenvalue weighted by atomic mass is 10.1. The molecule has 0 rings (SSSR count). The summed E-state index contributed by atoms with van der Waals surface area (Å²) in [5.74, 6) is -0.486. The summed E-state index contributed by atoms with van der Waals surface area (Å²) in [4.78, 5) is 16.2. The second-order valence-electron chi connectivity index (χ2n) is 4.39. The van der Waals surface area contributed by atoms with E-state index in [4.69, 9.17) is 5.26 Å². The highest BCUT2D eigenvalue weighted by Gasteiger charge is 2.21. The van der Waals surface area contributed by atoms with Crippen molar-refractivity contribution in [3.63, 3.8) is 0 Å². The van der Waals surface area contributed by atoms with Crippen LogP contribution in [-0.2, 0) is 4.79 Å². The topological polar surface area (TPSA) is 47.3 Å². The maximum Gasteiger partial charge on any atom is 0.239 e. The molecule has 0 aromatic rings. The number of carbonyl (C=O) groups excluding carboxylic acids is 1. The molecule has 0 aliphatic rings. The van der Waals surface area contributed by atoms with Gasteiger partial charge in [0.25, 0.3) is 0 Å². The first-order chi connectivity index (χ1) is 8.64. The molecule has 0 saturated carbocycles. The fourth-order valence-electron chi connectivity index (χ4n) is 1.99.